The molecule has 0 amide bonds. The average Bonchev–Trinajstić information content (AvgIpc) is 2.43. The second kappa shape index (κ2) is 14.4. The molecule has 1 N–H and O–H groups in total. The van der Waals surface area contributed by atoms with Crippen molar-refractivity contribution >= 4 is 5.97 Å². The molecule has 21 heavy (non-hydrogen) atoms. The van der Waals surface area contributed by atoms with Crippen molar-refractivity contribution in [2.24, 2.45) is 5.92 Å². The fourth-order valence-corrected chi connectivity index (χ4v) is 2.68. The lowest BCUT2D eigenvalue weighted by molar-refractivity contribution is -0.142. The quantitative estimate of drug-likeness (QED) is 0.435. The highest BCUT2D eigenvalue weighted by Crippen LogP contribution is 2.16. The van der Waals surface area contributed by atoms with Crippen molar-refractivity contribution in [1.82, 2.24) is 4.90 Å². The molecule has 0 rings (SSSR count). The first-order valence-corrected chi connectivity index (χ1v) is 8.95. The molecule has 0 bridgehead atoms. The molecule has 0 aliphatic carbocycles. The van der Waals surface area contributed by atoms with E-state index in [1.807, 2.05) is 14.1 Å². The average molecular weight is 299 g/mol. The van der Waals surface area contributed by atoms with E-state index < -0.39 is 5.97 Å². The van der Waals surface area contributed by atoms with Gasteiger partial charge in [-0.05, 0) is 33.5 Å². The molecule has 1 unspecified atom stereocenters. The van der Waals surface area contributed by atoms with Crippen LogP contribution in [0.15, 0.2) is 0 Å². The first-order chi connectivity index (χ1) is 10.1. The number of hydrogen-bond donors (Lipinski definition) is 1. The maximum atomic E-state index is 11.2. The number of unbranched alkanes of at least 4 members (excludes halogenated alkanes) is 9. The van der Waals surface area contributed by atoms with Gasteiger partial charge in [-0.25, -0.2) is 0 Å². The Balaban J connectivity index is 3.43. The van der Waals surface area contributed by atoms with Crippen molar-refractivity contribution in [2.75, 3.05) is 20.6 Å². The summed E-state index contributed by atoms with van der Waals surface area (Å²) in [7, 11) is 4.00. The van der Waals surface area contributed by atoms with Crippen molar-refractivity contribution < 1.29 is 9.90 Å². The number of hydrogen-bond acceptors (Lipinski definition) is 2. The zero-order valence-electron chi connectivity index (χ0n) is 14.6. The Labute approximate surface area is 132 Å². The SMILES string of the molecule is CCCCCCCCCCCCC(CCN(C)C)C(=O)O. The summed E-state index contributed by atoms with van der Waals surface area (Å²) in [5, 5.41) is 9.21. The van der Waals surface area contributed by atoms with Gasteiger partial charge < -0.3 is 10.0 Å². The lowest BCUT2D eigenvalue weighted by Crippen LogP contribution is -2.21. The third-order valence-electron chi connectivity index (χ3n) is 4.18. The Morgan fingerprint density at radius 2 is 1.33 bits per heavy atom. The van der Waals surface area contributed by atoms with E-state index in [-0.39, 0.29) is 5.92 Å². The Hall–Kier alpha value is -0.570. The normalized spacial score (nSPS) is 12.8. The molecule has 126 valence electrons. The van der Waals surface area contributed by atoms with E-state index in [9.17, 15) is 9.90 Å². The minimum absolute atomic E-state index is 0.151. The molecule has 0 aromatic carbocycles. The summed E-state index contributed by atoms with van der Waals surface area (Å²) < 4.78 is 0. The topological polar surface area (TPSA) is 40.5 Å². The molecule has 3 nitrogen and oxygen atoms in total. The van der Waals surface area contributed by atoms with Crippen LogP contribution in [0.1, 0.15) is 84.0 Å². The van der Waals surface area contributed by atoms with Gasteiger partial charge in [0, 0.05) is 0 Å². The van der Waals surface area contributed by atoms with Crippen LogP contribution in [0.2, 0.25) is 0 Å². The van der Waals surface area contributed by atoms with E-state index in [0.717, 1.165) is 25.8 Å². The Bertz CT molecular complexity index is 241. The molecule has 0 aliphatic heterocycles. The van der Waals surface area contributed by atoms with Gasteiger partial charge >= 0.3 is 5.97 Å². The van der Waals surface area contributed by atoms with Gasteiger partial charge in [-0.1, -0.05) is 71.1 Å². The molecule has 0 aliphatic rings. The minimum atomic E-state index is -0.618. The Kier molecular flexibility index (Phi) is 14.0. The fourth-order valence-electron chi connectivity index (χ4n) is 2.68. The summed E-state index contributed by atoms with van der Waals surface area (Å²) in [5.41, 5.74) is 0. The molecule has 0 heterocycles. The molecule has 0 spiro atoms. The first kappa shape index (κ1) is 20.4. The largest absolute Gasteiger partial charge is 0.481 e. The maximum Gasteiger partial charge on any atom is 0.306 e. The zero-order valence-corrected chi connectivity index (χ0v) is 14.6. The van der Waals surface area contributed by atoms with Gasteiger partial charge in [0.2, 0.25) is 0 Å². The lowest BCUT2D eigenvalue weighted by atomic mass is 9.97. The predicted molar refractivity (Wildman–Crippen MR) is 90.8 cm³/mol. The summed E-state index contributed by atoms with van der Waals surface area (Å²) in [6.07, 6.45) is 14.7. The van der Waals surface area contributed by atoms with Crippen LogP contribution in [-0.4, -0.2) is 36.6 Å². The summed E-state index contributed by atoms with van der Waals surface area (Å²) in [5.74, 6) is -0.769. The van der Waals surface area contributed by atoms with Crippen molar-refractivity contribution in [3.63, 3.8) is 0 Å². The van der Waals surface area contributed by atoms with Crippen LogP contribution >= 0.6 is 0 Å². The molecule has 3 heteroatoms. The van der Waals surface area contributed by atoms with Crippen LogP contribution < -0.4 is 0 Å². The van der Waals surface area contributed by atoms with E-state index in [1.165, 1.54) is 57.8 Å². The van der Waals surface area contributed by atoms with Crippen LogP contribution in [0.5, 0.6) is 0 Å². The highest BCUT2D eigenvalue weighted by atomic mass is 16.4. The number of carboxylic acids is 1. The zero-order chi connectivity index (χ0) is 15.9. The number of nitrogens with zero attached hydrogens (tertiary/aromatic N) is 1. The first-order valence-electron chi connectivity index (χ1n) is 8.95. The second-order valence-corrected chi connectivity index (χ2v) is 6.60. The molecule has 1 atom stereocenters. The molecule has 0 saturated carbocycles. The standard InChI is InChI=1S/C18H37NO2/c1-4-5-6-7-8-9-10-11-12-13-14-17(18(20)21)15-16-19(2)3/h17H,4-16H2,1-3H3,(H,20,21). The Morgan fingerprint density at radius 3 is 1.76 bits per heavy atom. The highest BCUT2D eigenvalue weighted by Gasteiger charge is 2.16. The van der Waals surface area contributed by atoms with E-state index in [4.69, 9.17) is 0 Å². The molecular formula is C18H37NO2. The van der Waals surface area contributed by atoms with Crippen molar-refractivity contribution in [3.8, 4) is 0 Å². The summed E-state index contributed by atoms with van der Waals surface area (Å²) in [6, 6.07) is 0. The van der Waals surface area contributed by atoms with Gasteiger partial charge in [-0.2, -0.15) is 0 Å². The molecule has 0 saturated heterocycles. The third-order valence-corrected chi connectivity index (χ3v) is 4.18. The van der Waals surface area contributed by atoms with Crippen molar-refractivity contribution in [3.05, 3.63) is 0 Å². The highest BCUT2D eigenvalue weighted by molar-refractivity contribution is 5.69. The van der Waals surface area contributed by atoms with Crippen LogP contribution in [0.3, 0.4) is 0 Å². The summed E-state index contributed by atoms with van der Waals surface area (Å²) >= 11 is 0. The summed E-state index contributed by atoms with van der Waals surface area (Å²) in [4.78, 5) is 13.2. The monoisotopic (exact) mass is 299 g/mol. The predicted octanol–water partition coefficient (Wildman–Crippen LogP) is 4.95. The number of rotatable bonds is 15. The lowest BCUT2D eigenvalue weighted by Gasteiger charge is -2.15. The van der Waals surface area contributed by atoms with Gasteiger partial charge in [-0.3, -0.25) is 4.79 Å². The smallest absolute Gasteiger partial charge is 0.306 e. The molecule has 0 aromatic rings. The van der Waals surface area contributed by atoms with E-state index in [0.29, 0.717) is 0 Å². The van der Waals surface area contributed by atoms with Gasteiger partial charge in [0.15, 0.2) is 0 Å². The van der Waals surface area contributed by atoms with Crippen LogP contribution in [0, 0.1) is 5.92 Å². The second-order valence-electron chi connectivity index (χ2n) is 6.60. The third kappa shape index (κ3) is 14.1. The fraction of sp³-hybridized carbons (Fsp3) is 0.944. The molecule has 0 fully saturated rings. The maximum absolute atomic E-state index is 11.2. The van der Waals surface area contributed by atoms with Crippen molar-refractivity contribution in [1.29, 1.82) is 0 Å². The van der Waals surface area contributed by atoms with E-state index in [2.05, 4.69) is 11.8 Å². The van der Waals surface area contributed by atoms with Gasteiger partial charge in [0.1, 0.15) is 0 Å². The molecular weight excluding hydrogens is 262 g/mol. The molecule has 0 radical (unpaired) electrons. The van der Waals surface area contributed by atoms with Crippen LogP contribution in [-0.2, 0) is 4.79 Å². The van der Waals surface area contributed by atoms with Gasteiger partial charge in [0.05, 0.1) is 5.92 Å². The van der Waals surface area contributed by atoms with Crippen molar-refractivity contribution in [2.45, 2.75) is 84.0 Å². The number of carbonyl (C=O) groups is 1. The number of carboxylic acid groups (broad SMARTS) is 1. The van der Waals surface area contributed by atoms with E-state index in [1.54, 1.807) is 0 Å². The molecule has 0 aromatic heterocycles. The van der Waals surface area contributed by atoms with Crippen LogP contribution in [0.25, 0.3) is 0 Å². The van der Waals surface area contributed by atoms with Gasteiger partial charge in [0.25, 0.3) is 0 Å². The van der Waals surface area contributed by atoms with Crippen LogP contribution in [0.4, 0.5) is 0 Å². The van der Waals surface area contributed by atoms with Gasteiger partial charge in [-0.15, -0.1) is 0 Å². The number of aliphatic carboxylic acids is 1. The Morgan fingerprint density at radius 1 is 0.857 bits per heavy atom. The van der Waals surface area contributed by atoms with E-state index >= 15 is 0 Å². The minimum Gasteiger partial charge on any atom is -0.481 e. The summed E-state index contributed by atoms with van der Waals surface area (Å²) in [6.45, 7) is 3.12.